The lowest BCUT2D eigenvalue weighted by atomic mass is 10.1. The second kappa shape index (κ2) is 6.74. The summed E-state index contributed by atoms with van der Waals surface area (Å²) >= 11 is 1.56. The quantitative estimate of drug-likeness (QED) is 0.537. The van der Waals surface area contributed by atoms with Crippen molar-refractivity contribution < 1.29 is 9.21 Å². The zero-order valence-electron chi connectivity index (χ0n) is 14.8. The number of rotatable bonds is 4. The number of nitrogens with zero attached hydrogens (tertiary/aromatic N) is 4. The fourth-order valence-corrected chi connectivity index (χ4v) is 4.02. The molecule has 4 rings (SSSR count). The summed E-state index contributed by atoms with van der Waals surface area (Å²) in [6.07, 6.45) is 3.55. The average Bonchev–Trinajstić information content (AvgIpc) is 3.38. The second-order valence-electron chi connectivity index (χ2n) is 6.15. The molecule has 0 fully saturated rings. The molecule has 3 aromatic heterocycles. The summed E-state index contributed by atoms with van der Waals surface area (Å²) in [6.45, 7) is 2.07. The van der Waals surface area contributed by atoms with Gasteiger partial charge in [0.2, 0.25) is 5.88 Å². The predicted octanol–water partition coefficient (Wildman–Crippen LogP) is 4.13. The highest BCUT2D eigenvalue weighted by atomic mass is 32.1. The van der Waals surface area contributed by atoms with Crippen LogP contribution in [0.25, 0.3) is 16.1 Å². The zero-order chi connectivity index (χ0) is 19.0. The number of fused-ring (bicyclic) bond motifs is 1. The summed E-state index contributed by atoms with van der Waals surface area (Å²) in [5.74, 6) is 0.526. The van der Waals surface area contributed by atoms with Gasteiger partial charge < -0.3 is 9.32 Å². The molecule has 4 aromatic rings. The van der Waals surface area contributed by atoms with Crippen molar-refractivity contribution in [2.45, 2.75) is 13.5 Å². The molecule has 134 valence electrons. The minimum absolute atomic E-state index is 0.241. The lowest BCUT2D eigenvalue weighted by Gasteiger charge is -2.15. The van der Waals surface area contributed by atoms with Crippen LogP contribution in [0.1, 0.15) is 26.7 Å². The second-order valence-corrected chi connectivity index (χ2v) is 7.27. The van der Waals surface area contributed by atoms with E-state index in [-0.39, 0.29) is 11.5 Å². The van der Waals surface area contributed by atoms with Crippen LogP contribution in [-0.2, 0) is 6.54 Å². The molecule has 27 heavy (non-hydrogen) atoms. The number of benzene rings is 1. The molecular weight excluding hydrogens is 360 g/mol. The third-order valence-corrected chi connectivity index (χ3v) is 5.31. The van der Waals surface area contributed by atoms with Crippen LogP contribution in [0.4, 0.5) is 0 Å². The molecule has 7 heteroatoms. The highest BCUT2D eigenvalue weighted by molar-refractivity contribution is 7.18. The third-order valence-electron chi connectivity index (χ3n) is 4.29. The monoisotopic (exact) mass is 376 g/mol. The minimum atomic E-state index is -0.259. The van der Waals surface area contributed by atoms with E-state index in [0.29, 0.717) is 23.8 Å². The average molecular weight is 376 g/mol. The van der Waals surface area contributed by atoms with Crippen LogP contribution in [0.2, 0.25) is 0 Å². The summed E-state index contributed by atoms with van der Waals surface area (Å²) in [6, 6.07) is 13.7. The Balaban J connectivity index is 1.65. The maximum atomic E-state index is 13.0. The zero-order valence-corrected chi connectivity index (χ0v) is 15.7. The Hall–Kier alpha value is -3.37. The predicted molar refractivity (Wildman–Crippen MR) is 103 cm³/mol. The van der Waals surface area contributed by atoms with E-state index in [0.717, 1.165) is 15.2 Å². The van der Waals surface area contributed by atoms with E-state index in [1.807, 2.05) is 36.4 Å². The van der Waals surface area contributed by atoms with E-state index >= 15 is 0 Å². The van der Waals surface area contributed by atoms with E-state index in [9.17, 15) is 10.1 Å². The molecule has 6 nitrogen and oxygen atoms in total. The molecule has 1 amide bonds. The van der Waals surface area contributed by atoms with Gasteiger partial charge in [0.05, 0.1) is 16.8 Å². The van der Waals surface area contributed by atoms with Crippen molar-refractivity contribution in [1.29, 1.82) is 5.26 Å². The van der Waals surface area contributed by atoms with Gasteiger partial charge in [-0.05, 0) is 31.2 Å². The molecule has 0 radical (unpaired) electrons. The minimum Gasteiger partial charge on any atom is -0.443 e. The lowest BCUT2D eigenvalue weighted by molar-refractivity contribution is 0.0783. The Morgan fingerprint density at radius 3 is 2.74 bits per heavy atom. The van der Waals surface area contributed by atoms with E-state index in [4.69, 9.17) is 4.42 Å². The van der Waals surface area contributed by atoms with Gasteiger partial charge in [0.15, 0.2) is 0 Å². The maximum absolute atomic E-state index is 13.0. The molecule has 0 N–H and O–H groups in total. The molecule has 3 heterocycles. The highest BCUT2D eigenvalue weighted by Crippen LogP contribution is 2.28. The van der Waals surface area contributed by atoms with Crippen molar-refractivity contribution >= 4 is 27.5 Å². The number of para-hydroxylation sites is 1. The molecule has 0 spiro atoms. The first-order valence-corrected chi connectivity index (χ1v) is 9.17. The van der Waals surface area contributed by atoms with E-state index in [1.165, 1.54) is 0 Å². The number of carbonyl (C=O) groups excluding carboxylic acids is 1. The molecule has 0 unspecified atom stereocenters. The summed E-state index contributed by atoms with van der Waals surface area (Å²) in [5.41, 5.74) is 1.46. The molecular formula is C20H16N4O2S. The molecule has 0 aliphatic rings. The topological polar surface area (TPSA) is 75.1 Å². The van der Waals surface area contributed by atoms with Crippen LogP contribution in [0.5, 0.6) is 0 Å². The molecule has 0 bridgehead atoms. The normalized spacial score (nSPS) is 10.9. The SMILES string of the molecule is Cc1oc(-n2cccc2)c(C#N)c1C(=O)N(C)Cc1nc2ccccc2s1. The Morgan fingerprint density at radius 2 is 2.04 bits per heavy atom. The number of nitriles is 1. The van der Waals surface area contributed by atoms with Crippen LogP contribution in [0.15, 0.2) is 53.2 Å². The summed E-state index contributed by atoms with van der Waals surface area (Å²) < 4.78 is 8.50. The van der Waals surface area contributed by atoms with E-state index in [2.05, 4.69) is 11.1 Å². The molecule has 0 saturated carbocycles. The van der Waals surface area contributed by atoms with Crippen molar-refractivity contribution in [3.05, 3.63) is 70.7 Å². The van der Waals surface area contributed by atoms with Gasteiger partial charge in [-0.2, -0.15) is 5.26 Å². The van der Waals surface area contributed by atoms with Crippen LogP contribution < -0.4 is 0 Å². The number of amides is 1. The van der Waals surface area contributed by atoms with Crippen molar-refractivity contribution in [2.75, 3.05) is 7.05 Å². The van der Waals surface area contributed by atoms with Crippen molar-refractivity contribution in [1.82, 2.24) is 14.5 Å². The Bertz CT molecular complexity index is 1130. The third kappa shape index (κ3) is 3.00. The standard InChI is InChI=1S/C20H16N4O2S/c1-13-18(14(11-21)20(26-13)24-9-5-6-10-24)19(25)23(2)12-17-22-15-7-3-4-8-16(15)27-17/h3-10H,12H2,1-2H3. The van der Waals surface area contributed by atoms with Gasteiger partial charge in [-0.25, -0.2) is 4.98 Å². The molecule has 0 aliphatic heterocycles. The summed E-state index contributed by atoms with van der Waals surface area (Å²) in [7, 11) is 1.71. The molecule has 0 aliphatic carbocycles. The van der Waals surface area contributed by atoms with Crippen LogP contribution in [0.3, 0.4) is 0 Å². The van der Waals surface area contributed by atoms with Crippen molar-refractivity contribution in [3.8, 4) is 12.0 Å². The van der Waals surface area contributed by atoms with Crippen LogP contribution in [-0.4, -0.2) is 27.4 Å². The first-order valence-electron chi connectivity index (χ1n) is 8.35. The fourth-order valence-electron chi connectivity index (χ4n) is 3.00. The number of thiazole rings is 1. The Labute approximate surface area is 159 Å². The van der Waals surface area contributed by atoms with Crippen molar-refractivity contribution in [2.24, 2.45) is 0 Å². The van der Waals surface area contributed by atoms with Gasteiger partial charge in [-0.1, -0.05) is 12.1 Å². The smallest absolute Gasteiger partial charge is 0.258 e. The van der Waals surface area contributed by atoms with Gasteiger partial charge in [0.25, 0.3) is 5.91 Å². The van der Waals surface area contributed by atoms with E-state index in [1.54, 1.807) is 47.2 Å². The number of aryl methyl sites for hydroxylation is 1. The van der Waals surface area contributed by atoms with Gasteiger partial charge >= 0.3 is 0 Å². The molecule has 0 saturated heterocycles. The summed E-state index contributed by atoms with van der Waals surface area (Å²) in [4.78, 5) is 19.2. The van der Waals surface area contributed by atoms with Gasteiger partial charge in [-0.15, -0.1) is 11.3 Å². The number of aromatic nitrogens is 2. The van der Waals surface area contributed by atoms with Crippen LogP contribution >= 0.6 is 11.3 Å². The Kier molecular flexibility index (Phi) is 4.26. The number of carbonyl (C=O) groups is 1. The molecule has 0 atom stereocenters. The summed E-state index contributed by atoms with van der Waals surface area (Å²) in [5, 5.41) is 10.5. The van der Waals surface area contributed by atoms with Gasteiger partial charge in [-0.3, -0.25) is 9.36 Å². The molecule has 1 aromatic carbocycles. The fraction of sp³-hybridized carbons (Fsp3) is 0.150. The van der Waals surface area contributed by atoms with Crippen LogP contribution in [0, 0.1) is 18.3 Å². The lowest BCUT2D eigenvalue weighted by Crippen LogP contribution is -2.27. The van der Waals surface area contributed by atoms with E-state index < -0.39 is 0 Å². The van der Waals surface area contributed by atoms with Crippen molar-refractivity contribution in [3.63, 3.8) is 0 Å². The number of hydrogen-bond acceptors (Lipinski definition) is 5. The largest absolute Gasteiger partial charge is 0.443 e. The number of hydrogen-bond donors (Lipinski definition) is 0. The van der Waals surface area contributed by atoms with Gasteiger partial charge in [0.1, 0.15) is 28.0 Å². The maximum Gasteiger partial charge on any atom is 0.258 e. The Morgan fingerprint density at radius 1 is 1.30 bits per heavy atom. The highest BCUT2D eigenvalue weighted by Gasteiger charge is 2.27. The van der Waals surface area contributed by atoms with Gasteiger partial charge in [0, 0.05) is 19.4 Å². The first-order chi connectivity index (χ1) is 13.1. The first kappa shape index (κ1) is 17.1. The number of furan rings is 1.